The number of imidazole rings is 1. The Morgan fingerprint density at radius 1 is 1.46 bits per heavy atom. The van der Waals surface area contributed by atoms with Crippen molar-refractivity contribution in [1.29, 1.82) is 0 Å². The number of carboxylic acid groups (broad SMARTS) is 1. The van der Waals surface area contributed by atoms with Crippen LogP contribution in [0.2, 0.25) is 0 Å². The molecular formula is C16H18N6O2. The van der Waals surface area contributed by atoms with Gasteiger partial charge in [0.1, 0.15) is 6.04 Å². The van der Waals surface area contributed by atoms with Crippen molar-refractivity contribution in [2.75, 3.05) is 0 Å². The van der Waals surface area contributed by atoms with Gasteiger partial charge in [0.25, 0.3) is 0 Å². The van der Waals surface area contributed by atoms with Crippen molar-refractivity contribution in [2.24, 2.45) is 0 Å². The van der Waals surface area contributed by atoms with Crippen LogP contribution in [0, 0.1) is 13.8 Å². The molecular weight excluding hydrogens is 308 g/mol. The third-order valence-electron chi connectivity index (χ3n) is 4.51. The highest BCUT2D eigenvalue weighted by atomic mass is 16.4. The first-order valence-electron chi connectivity index (χ1n) is 7.82. The number of hydrogen-bond donors (Lipinski definition) is 2. The normalized spacial score (nSPS) is 18.0. The zero-order valence-corrected chi connectivity index (χ0v) is 13.5. The lowest BCUT2D eigenvalue weighted by Gasteiger charge is -2.31. The maximum absolute atomic E-state index is 11.7. The number of aromatic nitrogens is 5. The van der Waals surface area contributed by atoms with Gasteiger partial charge in [-0.25, -0.2) is 14.5 Å². The molecule has 0 aromatic carbocycles. The summed E-state index contributed by atoms with van der Waals surface area (Å²) in [7, 11) is 0. The summed E-state index contributed by atoms with van der Waals surface area (Å²) in [5.41, 5.74) is 5.45. The number of fused-ring (bicyclic) bond motifs is 2. The van der Waals surface area contributed by atoms with Crippen LogP contribution in [0.4, 0.5) is 0 Å². The van der Waals surface area contributed by atoms with E-state index in [1.165, 1.54) is 0 Å². The minimum absolute atomic E-state index is 0.402. The summed E-state index contributed by atoms with van der Waals surface area (Å²) in [4.78, 5) is 25.5. The van der Waals surface area contributed by atoms with Crippen LogP contribution in [0.5, 0.6) is 0 Å². The Labute approximate surface area is 138 Å². The Hall–Kier alpha value is -2.74. The molecule has 0 unspecified atom stereocenters. The average molecular weight is 326 g/mol. The van der Waals surface area contributed by atoms with Gasteiger partial charge in [0.2, 0.25) is 0 Å². The first-order chi connectivity index (χ1) is 11.5. The van der Waals surface area contributed by atoms with Crippen LogP contribution in [-0.2, 0) is 24.3 Å². The molecule has 1 atom stereocenters. The predicted molar refractivity (Wildman–Crippen MR) is 85.4 cm³/mol. The number of carboxylic acids is 1. The molecule has 2 N–H and O–H groups in total. The smallest absolute Gasteiger partial charge is 0.321 e. The average Bonchev–Trinajstić information content (AvgIpc) is 3.13. The molecule has 8 nitrogen and oxygen atoms in total. The van der Waals surface area contributed by atoms with Crippen LogP contribution < -0.4 is 0 Å². The van der Waals surface area contributed by atoms with Crippen molar-refractivity contribution in [3.8, 4) is 0 Å². The Morgan fingerprint density at radius 3 is 3.08 bits per heavy atom. The van der Waals surface area contributed by atoms with E-state index in [-0.39, 0.29) is 0 Å². The highest BCUT2D eigenvalue weighted by molar-refractivity contribution is 5.74. The lowest BCUT2D eigenvalue weighted by atomic mass is 10.0. The van der Waals surface area contributed by atoms with Gasteiger partial charge in [-0.3, -0.25) is 9.69 Å². The lowest BCUT2D eigenvalue weighted by molar-refractivity contribution is -0.144. The number of nitrogens with one attached hydrogen (secondary N) is 1. The lowest BCUT2D eigenvalue weighted by Crippen LogP contribution is -2.45. The molecule has 0 saturated heterocycles. The monoisotopic (exact) mass is 326 g/mol. The number of aromatic amines is 1. The Kier molecular flexibility index (Phi) is 3.34. The minimum atomic E-state index is -0.833. The van der Waals surface area contributed by atoms with E-state index in [9.17, 15) is 9.90 Å². The van der Waals surface area contributed by atoms with Crippen molar-refractivity contribution >= 4 is 11.6 Å². The van der Waals surface area contributed by atoms with E-state index in [2.05, 4.69) is 20.1 Å². The molecule has 4 heterocycles. The van der Waals surface area contributed by atoms with E-state index in [4.69, 9.17) is 0 Å². The summed E-state index contributed by atoms with van der Waals surface area (Å²) in [6.07, 6.45) is 3.80. The molecule has 0 amide bonds. The molecule has 0 fully saturated rings. The quantitative estimate of drug-likeness (QED) is 0.747. The summed E-state index contributed by atoms with van der Waals surface area (Å²) >= 11 is 0. The van der Waals surface area contributed by atoms with Crippen LogP contribution in [0.15, 0.2) is 18.6 Å². The fraction of sp³-hybridized carbons (Fsp3) is 0.375. The number of H-pyrrole nitrogens is 1. The Morgan fingerprint density at radius 2 is 2.29 bits per heavy atom. The molecule has 124 valence electrons. The number of carbonyl (C=O) groups is 1. The summed E-state index contributed by atoms with van der Waals surface area (Å²) in [5, 5.41) is 14.0. The Balaban J connectivity index is 1.70. The minimum Gasteiger partial charge on any atom is -0.480 e. The van der Waals surface area contributed by atoms with Crippen molar-refractivity contribution in [2.45, 2.75) is 39.4 Å². The van der Waals surface area contributed by atoms with Crippen LogP contribution >= 0.6 is 0 Å². The fourth-order valence-corrected chi connectivity index (χ4v) is 3.34. The van der Waals surface area contributed by atoms with Gasteiger partial charge >= 0.3 is 5.97 Å². The van der Waals surface area contributed by atoms with Gasteiger partial charge in [0.15, 0.2) is 5.65 Å². The fourth-order valence-electron chi connectivity index (χ4n) is 3.34. The van der Waals surface area contributed by atoms with Crippen molar-refractivity contribution in [1.82, 2.24) is 29.5 Å². The molecule has 0 spiro atoms. The molecule has 0 aliphatic carbocycles. The van der Waals surface area contributed by atoms with Gasteiger partial charge in [0.05, 0.1) is 23.9 Å². The maximum Gasteiger partial charge on any atom is 0.321 e. The van der Waals surface area contributed by atoms with Gasteiger partial charge in [-0.05, 0) is 19.9 Å². The molecule has 3 aromatic rings. The second-order valence-corrected chi connectivity index (χ2v) is 6.24. The first kappa shape index (κ1) is 14.8. The molecule has 0 saturated carbocycles. The number of rotatable bonds is 3. The molecule has 3 aromatic heterocycles. The highest BCUT2D eigenvalue weighted by Gasteiger charge is 2.33. The topological polar surface area (TPSA) is 99.4 Å². The van der Waals surface area contributed by atoms with Crippen LogP contribution in [0.3, 0.4) is 0 Å². The van der Waals surface area contributed by atoms with Crippen molar-refractivity contribution in [3.05, 3.63) is 46.9 Å². The maximum atomic E-state index is 11.7. The summed E-state index contributed by atoms with van der Waals surface area (Å²) in [6.45, 7) is 4.93. The molecule has 4 rings (SSSR count). The molecule has 0 bridgehead atoms. The molecule has 8 heteroatoms. The van der Waals surface area contributed by atoms with E-state index in [1.54, 1.807) is 17.0 Å². The van der Waals surface area contributed by atoms with Crippen LogP contribution in [-0.4, -0.2) is 46.6 Å². The van der Waals surface area contributed by atoms with E-state index >= 15 is 0 Å². The largest absolute Gasteiger partial charge is 0.480 e. The van der Waals surface area contributed by atoms with E-state index < -0.39 is 12.0 Å². The van der Waals surface area contributed by atoms with Gasteiger partial charge in [-0.1, -0.05) is 0 Å². The zero-order chi connectivity index (χ0) is 16.8. The van der Waals surface area contributed by atoms with E-state index in [1.807, 2.05) is 24.8 Å². The van der Waals surface area contributed by atoms with Crippen molar-refractivity contribution in [3.63, 3.8) is 0 Å². The molecule has 24 heavy (non-hydrogen) atoms. The second-order valence-electron chi connectivity index (χ2n) is 6.24. The van der Waals surface area contributed by atoms with Gasteiger partial charge in [-0.2, -0.15) is 5.10 Å². The standard InChI is InChI=1S/C16H18N6O2/c1-9-3-10(2)22-15(20-9)11(5-19-22)6-21-7-13-12(17-8-18-13)4-14(21)16(23)24/h3,5,8,14H,4,6-7H2,1-2H3,(H,17,18)(H,23,24)/t14-/m0/s1. The summed E-state index contributed by atoms with van der Waals surface area (Å²) < 4.78 is 1.80. The number of hydrogen-bond acceptors (Lipinski definition) is 5. The van der Waals surface area contributed by atoms with E-state index in [0.717, 1.165) is 34.0 Å². The third kappa shape index (κ3) is 2.35. The Bertz CT molecular complexity index is 928. The molecule has 1 aliphatic rings. The van der Waals surface area contributed by atoms with E-state index in [0.29, 0.717) is 19.5 Å². The zero-order valence-electron chi connectivity index (χ0n) is 13.5. The highest BCUT2D eigenvalue weighted by Crippen LogP contribution is 2.24. The third-order valence-corrected chi connectivity index (χ3v) is 4.51. The summed E-state index contributed by atoms with van der Waals surface area (Å²) in [6, 6.07) is 1.38. The first-order valence-corrected chi connectivity index (χ1v) is 7.82. The second kappa shape index (κ2) is 5.41. The molecule has 0 radical (unpaired) electrons. The summed E-state index contributed by atoms with van der Waals surface area (Å²) in [5.74, 6) is -0.833. The van der Waals surface area contributed by atoms with Crippen molar-refractivity contribution < 1.29 is 9.90 Å². The van der Waals surface area contributed by atoms with Gasteiger partial charge < -0.3 is 10.1 Å². The van der Waals surface area contributed by atoms with Gasteiger partial charge in [0, 0.05) is 36.5 Å². The number of nitrogens with zero attached hydrogens (tertiary/aromatic N) is 5. The van der Waals surface area contributed by atoms with Crippen LogP contribution in [0.1, 0.15) is 28.3 Å². The number of aliphatic carboxylic acids is 1. The van der Waals surface area contributed by atoms with Crippen LogP contribution in [0.25, 0.3) is 5.65 Å². The number of aryl methyl sites for hydroxylation is 2. The SMILES string of the molecule is Cc1cc(C)n2ncc(CN3Cc4[nH]cnc4C[C@H]3C(=O)O)c2n1. The predicted octanol–water partition coefficient (Wildman–Crippen LogP) is 1.08. The molecule has 1 aliphatic heterocycles. The van der Waals surface area contributed by atoms with Gasteiger partial charge in [-0.15, -0.1) is 0 Å².